The quantitative estimate of drug-likeness (QED) is 0.818. The van der Waals surface area contributed by atoms with E-state index in [-0.39, 0.29) is 11.5 Å². The molecule has 29 heavy (non-hydrogen) atoms. The predicted molar refractivity (Wildman–Crippen MR) is 114 cm³/mol. The molecule has 0 bridgehead atoms. The fourth-order valence-corrected chi connectivity index (χ4v) is 4.38. The van der Waals surface area contributed by atoms with Crippen molar-refractivity contribution in [1.82, 2.24) is 15.2 Å². The first-order valence-electron chi connectivity index (χ1n) is 10.7. The molecule has 154 valence electrons. The molecule has 0 aliphatic carbocycles. The van der Waals surface area contributed by atoms with E-state index in [9.17, 15) is 4.79 Å². The monoisotopic (exact) mass is 393 g/mol. The Labute approximate surface area is 173 Å². The third-order valence-corrected chi connectivity index (χ3v) is 5.93. The van der Waals surface area contributed by atoms with E-state index in [1.807, 2.05) is 18.2 Å². The second kappa shape index (κ2) is 8.54. The van der Waals surface area contributed by atoms with E-state index in [0.29, 0.717) is 12.3 Å². The van der Waals surface area contributed by atoms with Crippen LogP contribution >= 0.6 is 0 Å². The molecule has 1 saturated heterocycles. The van der Waals surface area contributed by atoms with Gasteiger partial charge < -0.3 is 10.1 Å². The molecule has 3 heterocycles. The number of para-hydroxylation sites is 1. The van der Waals surface area contributed by atoms with Crippen molar-refractivity contribution < 1.29 is 9.53 Å². The van der Waals surface area contributed by atoms with Crippen LogP contribution in [0.5, 0.6) is 5.75 Å². The average molecular weight is 394 g/mol. The van der Waals surface area contributed by atoms with Gasteiger partial charge in [0.2, 0.25) is 5.91 Å². The zero-order valence-electron chi connectivity index (χ0n) is 17.5. The first kappa shape index (κ1) is 19.9. The Kier molecular flexibility index (Phi) is 5.86. The Balaban J connectivity index is 1.23. The summed E-state index contributed by atoms with van der Waals surface area (Å²) in [6, 6.07) is 12.2. The van der Waals surface area contributed by atoms with E-state index < -0.39 is 0 Å². The standard InChI is InChI=1S/C24H31N3O2/c1-24(2)15-19-6-5-7-20(23(19)29-24)17-27-12-9-18(10-13-27)16-26-22(28)14-21-8-3-4-11-25-21/h3-8,11,18H,9-10,12-17H2,1-2H3,(H,26,28). The molecule has 1 fully saturated rings. The van der Waals surface area contributed by atoms with Crippen LogP contribution in [-0.2, 0) is 24.2 Å². The molecule has 2 aliphatic heterocycles. The zero-order chi connectivity index (χ0) is 20.3. The number of hydrogen-bond acceptors (Lipinski definition) is 4. The zero-order valence-corrected chi connectivity index (χ0v) is 17.5. The fourth-order valence-electron chi connectivity index (χ4n) is 4.38. The van der Waals surface area contributed by atoms with Gasteiger partial charge in [0.1, 0.15) is 11.4 Å². The Morgan fingerprint density at radius 3 is 2.79 bits per heavy atom. The minimum atomic E-state index is -0.0983. The smallest absolute Gasteiger partial charge is 0.226 e. The molecule has 5 heteroatoms. The number of fused-ring (bicyclic) bond motifs is 1. The topological polar surface area (TPSA) is 54.5 Å². The SMILES string of the molecule is CC1(C)Cc2cccc(CN3CCC(CNC(=O)Cc4ccccn4)CC3)c2O1. The number of amides is 1. The highest BCUT2D eigenvalue weighted by Gasteiger charge is 2.32. The lowest BCUT2D eigenvalue weighted by Gasteiger charge is -2.32. The van der Waals surface area contributed by atoms with Crippen molar-refractivity contribution >= 4 is 5.91 Å². The highest BCUT2D eigenvalue weighted by atomic mass is 16.5. The number of rotatable bonds is 6. The minimum Gasteiger partial charge on any atom is -0.487 e. The van der Waals surface area contributed by atoms with Gasteiger partial charge in [0.15, 0.2) is 0 Å². The van der Waals surface area contributed by atoms with Gasteiger partial charge in [-0.3, -0.25) is 14.7 Å². The second-order valence-corrected chi connectivity index (χ2v) is 8.97. The van der Waals surface area contributed by atoms with Crippen molar-refractivity contribution in [1.29, 1.82) is 0 Å². The third kappa shape index (κ3) is 5.15. The van der Waals surface area contributed by atoms with Crippen LogP contribution in [0.25, 0.3) is 0 Å². The molecule has 2 aromatic rings. The molecular weight excluding hydrogens is 362 g/mol. The van der Waals surface area contributed by atoms with Gasteiger partial charge in [0.05, 0.1) is 6.42 Å². The summed E-state index contributed by atoms with van der Waals surface area (Å²) in [6.45, 7) is 8.14. The molecule has 0 saturated carbocycles. The van der Waals surface area contributed by atoms with Crippen molar-refractivity contribution in [3.8, 4) is 5.75 Å². The van der Waals surface area contributed by atoms with Gasteiger partial charge in [0.25, 0.3) is 0 Å². The number of benzene rings is 1. The van der Waals surface area contributed by atoms with Crippen LogP contribution < -0.4 is 10.1 Å². The fraction of sp³-hybridized carbons (Fsp3) is 0.500. The van der Waals surface area contributed by atoms with Crippen molar-refractivity contribution in [2.75, 3.05) is 19.6 Å². The number of piperidine rings is 1. The molecule has 0 radical (unpaired) electrons. The summed E-state index contributed by atoms with van der Waals surface area (Å²) in [4.78, 5) is 18.9. The van der Waals surface area contributed by atoms with Crippen LogP contribution in [0.1, 0.15) is 43.5 Å². The average Bonchev–Trinajstić information content (AvgIpc) is 3.03. The molecule has 4 rings (SSSR count). The van der Waals surface area contributed by atoms with E-state index in [0.717, 1.165) is 56.9 Å². The lowest BCUT2D eigenvalue weighted by atomic mass is 9.96. The normalized spacial score (nSPS) is 18.8. The van der Waals surface area contributed by atoms with Crippen molar-refractivity contribution in [3.63, 3.8) is 0 Å². The maximum absolute atomic E-state index is 12.1. The summed E-state index contributed by atoms with van der Waals surface area (Å²) in [7, 11) is 0. The molecule has 5 nitrogen and oxygen atoms in total. The third-order valence-electron chi connectivity index (χ3n) is 5.93. The molecule has 1 aromatic heterocycles. The van der Waals surface area contributed by atoms with Crippen LogP contribution in [0.2, 0.25) is 0 Å². The van der Waals surface area contributed by atoms with Gasteiger partial charge in [0, 0.05) is 37.0 Å². The molecule has 0 spiro atoms. The van der Waals surface area contributed by atoms with E-state index in [1.54, 1.807) is 6.20 Å². The number of carbonyl (C=O) groups excluding carboxylic acids is 1. The van der Waals surface area contributed by atoms with Gasteiger partial charge >= 0.3 is 0 Å². The van der Waals surface area contributed by atoms with Crippen LogP contribution in [0.3, 0.4) is 0 Å². The maximum atomic E-state index is 12.1. The number of nitrogens with zero attached hydrogens (tertiary/aromatic N) is 2. The Morgan fingerprint density at radius 2 is 2.03 bits per heavy atom. The summed E-state index contributed by atoms with van der Waals surface area (Å²) in [5.74, 6) is 1.71. The van der Waals surface area contributed by atoms with Crippen molar-refractivity contribution in [3.05, 3.63) is 59.4 Å². The van der Waals surface area contributed by atoms with Gasteiger partial charge in [-0.1, -0.05) is 24.3 Å². The van der Waals surface area contributed by atoms with Crippen LogP contribution in [-0.4, -0.2) is 41.0 Å². The predicted octanol–water partition coefficient (Wildman–Crippen LogP) is 3.37. The Bertz CT molecular complexity index is 842. The molecule has 0 atom stereocenters. The van der Waals surface area contributed by atoms with Crippen LogP contribution in [0.4, 0.5) is 0 Å². The van der Waals surface area contributed by atoms with E-state index >= 15 is 0 Å². The highest BCUT2D eigenvalue weighted by molar-refractivity contribution is 5.78. The van der Waals surface area contributed by atoms with E-state index in [2.05, 4.69) is 47.2 Å². The summed E-state index contributed by atoms with van der Waals surface area (Å²) in [5, 5.41) is 3.09. The molecule has 0 unspecified atom stereocenters. The number of nitrogens with one attached hydrogen (secondary N) is 1. The summed E-state index contributed by atoms with van der Waals surface area (Å²) in [6.07, 6.45) is 5.30. The highest BCUT2D eigenvalue weighted by Crippen LogP contribution is 2.38. The lowest BCUT2D eigenvalue weighted by Crippen LogP contribution is -2.38. The Hall–Kier alpha value is -2.40. The number of ether oxygens (including phenoxy) is 1. The molecule has 2 aliphatic rings. The van der Waals surface area contributed by atoms with Crippen LogP contribution in [0.15, 0.2) is 42.6 Å². The van der Waals surface area contributed by atoms with Gasteiger partial charge in [-0.2, -0.15) is 0 Å². The number of likely N-dealkylation sites (tertiary alicyclic amines) is 1. The largest absolute Gasteiger partial charge is 0.487 e. The number of carbonyl (C=O) groups is 1. The first-order valence-corrected chi connectivity index (χ1v) is 10.7. The molecule has 1 aromatic carbocycles. The lowest BCUT2D eigenvalue weighted by molar-refractivity contribution is -0.120. The van der Waals surface area contributed by atoms with Crippen LogP contribution in [0, 0.1) is 5.92 Å². The number of hydrogen-bond donors (Lipinski definition) is 1. The van der Waals surface area contributed by atoms with Gasteiger partial charge in [-0.05, 0) is 63.4 Å². The minimum absolute atomic E-state index is 0.0609. The van der Waals surface area contributed by atoms with Crippen molar-refractivity contribution in [2.45, 2.75) is 51.7 Å². The summed E-state index contributed by atoms with van der Waals surface area (Å²) in [5.41, 5.74) is 3.35. The van der Waals surface area contributed by atoms with Crippen molar-refractivity contribution in [2.24, 2.45) is 5.92 Å². The van der Waals surface area contributed by atoms with Gasteiger partial charge in [-0.25, -0.2) is 0 Å². The van der Waals surface area contributed by atoms with Gasteiger partial charge in [-0.15, -0.1) is 0 Å². The van der Waals surface area contributed by atoms with E-state index in [4.69, 9.17) is 4.74 Å². The molecular formula is C24H31N3O2. The number of pyridine rings is 1. The molecule has 1 N–H and O–H groups in total. The number of aromatic nitrogens is 1. The second-order valence-electron chi connectivity index (χ2n) is 8.97. The Morgan fingerprint density at radius 1 is 1.21 bits per heavy atom. The maximum Gasteiger partial charge on any atom is 0.226 e. The summed E-state index contributed by atoms with van der Waals surface area (Å²) < 4.78 is 6.22. The first-order chi connectivity index (χ1) is 14.0. The molecule has 1 amide bonds. The van der Waals surface area contributed by atoms with E-state index in [1.165, 1.54) is 11.1 Å². The summed E-state index contributed by atoms with van der Waals surface area (Å²) >= 11 is 0.